The van der Waals surface area contributed by atoms with E-state index in [1.165, 1.54) is 4.31 Å². The van der Waals surface area contributed by atoms with Gasteiger partial charge in [0, 0.05) is 38.0 Å². The van der Waals surface area contributed by atoms with Crippen molar-refractivity contribution < 1.29 is 8.42 Å². The molecule has 8 heteroatoms. The molecule has 1 fully saturated rings. The molecule has 0 aliphatic carbocycles. The van der Waals surface area contributed by atoms with Gasteiger partial charge in [-0.25, -0.2) is 4.31 Å². The Hall–Kier alpha value is 0.400. The van der Waals surface area contributed by atoms with E-state index in [2.05, 4.69) is 9.03 Å². The average Bonchev–Trinajstić information content (AvgIpc) is 2.14. The highest BCUT2D eigenvalue weighted by atomic mass is 32.8. The highest BCUT2D eigenvalue weighted by molar-refractivity contribution is 8.27. The van der Waals surface area contributed by atoms with E-state index in [0.717, 1.165) is 0 Å². The lowest BCUT2D eigenvalue weighted by molar-refractivity contribution is 0.281. The highest BCUT2D eigenvalue weighted by Gasteiger charge is 2.30. The van der Waals surface area contributed by atoms with Crippen molar-refractivity contribution in [3.05, 3.63) is 0 Å². The topological polar surface area (TPSA) is 52.7 Å². The molecule has 1 atom stereocenters. The number of nitrogens with zero attached hydrogens (tertiary/aromatic N) is 2. The minimum Gasteiger partial charge on any atom is -0.245 e. The minimum atomic E-state index is -3.36. The lowest BCUT2D eigenvalue weighted by Gasteiger charge is -2.35. The van der Waals surface area contributed by atoms with Crippen molar-refractivity contribution >= 4 is 31.0 Å². The Balaban J connectivity index is 2.62. The first-order chi connectivity index (χ1) is 7.62. The molecule has 0 saturated carbocycles. The molecule has 0 spiro atoms. The van der Waals surface area contributed by atoms with Gasteiger partial charge in [0.05, 0.1) is 0 Å². The Morgan fingerprint density at radius 2 is 1.65 bits per heavy atom. The van der Waals surface area contributed by atoms with Gasteiger partial charge in [-0.1, -0.05) is 9.64 Å². The third-order valence-electron chi connectivity index (χ3n) is 2.34. The summed E-state index contributed by atoms with van der Waals surface area (Å²) in [6, 6.07) is 0. The van der Waals surface area contributed by atoms with Crippen LogP contribution in [0.4, 0.5) is 0 Å². The minimum absolute atomic E-state index is 0.188. The van der Waals surface area contributed by atoms with Crippen LogP contribution in [0.15, 0.2) is 0 Å². The summed E-state index contributed by atoms with van der Waals surface area (Å²) < 4.78 is 30.4. The van der Waals surface area contributed by atoms with Crippen LogP contribution in [0.2, 0.25) is 0 Å². The standard InChI is InChI=1S/C9H21N3O2S3/c1-9(2,3)10-17(13,14)12-7-5-11(6-8-12)16(4)15/h10H,5-8H2,1-4H3. The lowest BCUT2D eigenvalue weighted by atomic mass is 10.1. The molecule has 17 heavy (non-hydrogen) atoms. The molecule has 1 N–H and O–H groups in total. The molecule has 0 amide bonds. The third kappa shape index (κ3) is 4.88. The predicted octanol–water partition coefficient (Wildman–Crippen LogP) is -0.138. The highest BCUT2D eigenvalue weighted by Crippen LogP contribution is 2.10. The van der Waals surface area contributed by atoms with Crippen LogP contribution in [-0.2, 0) is 31.0 Å². The summed E-state index contributed by atoms with van der Waals surface area (Å²) in [5.41, 5.74) is -0.441. The van der Waals surface area contributed by atoms with Crippen LogP contribution in [0.1, 0.15) is 20.8 Å². The van der Waals surface area contributed by atoms with E-state index in [1.54, 1.807) is 0 Å². The monoisotopic (exact) mass is 299 g/mol. The van der Waals surface area contributed by atoms with E-state index < -0.39 is 15.7 Å². The van der Waals surface area contributed by atoms with Gasteiger partial charge in [0.15, 0.2) is 0 Å². The maximum absolute atomic E-state index is 12.1. The van der Waals surface area contributed by atoms with Crippen LogP contribution < -0.4 is 4.72 Å². The van der Waals surface area contributed by atoms with E-state index >= 15 is 0 Å². The Morgan fingerprint density at radius 3 is 2.00 bits per heavy atom. The summed E-state index contributed by atoms with van der Waals surface area (Å²) in [6.07, 6.45) is 1.98. The average molecular weight is 299 g/mol. The second-order valence-corrected chi connectivity index (χ2v) is 9.59. The zero-order chi connectivity index (χ0) is 13.3. The van der Waals surface area contributed by atoms with Crippen molar-refractivity contribution in [3.63, 3.8) is 0 Å². The number of piperazine rings is 1. The molecule has 102 valence electrons. The molecule has 1 aliphatic heterocycles. The van der Waals surface area contributed by atoms with Crippen LogP contribution in [0.3, 0.4) is 0 Å². The SMILES string of the molecule is CS(=S)N1CCN(S(=O)(=O)NC(C)(C)C)CC1. The number of hydrogen-bond donors (Lipinski definition) is 1. The van der Waals surface area contributed by atoms with Crippen molar-refractivity contribution in [2.24, 2.45) is 0 Å². The number of rotatable bonds is 3. The molecule has 1 aliphatic rings. The fraction of sp³-hybridized carbons (Fsp3) is 1.00. The lowest BCUT2D eigenvalue weighted by Crippen LogP contribution is -2.55. The van der Waals surface area contributed by atoms with Gasteiger partial charge < -0.3 is 0 Å². The van der Waals surface area contributed by atoms with Crippen molar-refractivity contribution in [2.75, 3.05) is 32.4 Å². The summed E-state index contributed by atoms with van der Waals surface area (Å²) in [4.78, 5) is 0. The van der Waals surface area contributed by atoms with E-state index in [4.69, 9.17) is 11.2 Å². The molecule has 1 saturated heterocycles. The Labute approximate surface area is 111 Å². The smallest absolute Gasteiger partial charge is 0.245 e. The molecule has 0 aromatic carbocycles. The van der Waals surface area contributed by atoms with Gasteiger partial charge >= 0.3 is 0 Å². The largest absolute Gasteiger partial charge is 0.280 e. The molecule has 0 aromatic rings. The van der Waals surface area contributed by atoms with E-state index in [1.807, 2.05) is 27.0 Å². The summed E-state index contributed by atoms with van der Waals surface area (Å²) in [6.45, 7) is 7.98. The second kappa shape index (κ2) is 5.58. The maximum Gasteiger partial charge on any atom is 0.280 e. The first-order valence-electron chi connectivity index (χ1n) is 5.49. The first-order valence-corrected chi connectivity index (χ1v) is 9.45. The van der Waals surface area contributed by atoms with E-state index in [-0.39, 0.29) is 9.64 Å². The van der Waals surface area contributed by atoms with E-state index in [0.29, 0.717) is 26.2 Å². The summed E-state index contributed by atoms with van der Waals surface area (Å²) in [7, 11) is -3.55. The summed E-state index contributed by atoms with van der Waals surface area (Å²) in [5, 5.41) is 0. The zero-order valence-electron chi connectivity index (χ0n) is 10.8. The first kappa shape index (κ1) is 15.5. The van der Waals surface area contributed by atoms with Gasteiger partial charge in [-0.15, -0.1) is 0 Å². The zero-order valence-corrected chi connectivity index (χ0v) is 13.2. The van der Waals surface area contributed by atoms with Crippen molar-refractivity contribution in [1.82, 2.24) is 13.3 Å². The van der Waals surface area contributed by atoms with Crippen LogP contribution in [0, 0.1) is 0 Å². The van der Waals surface area contributed by atoms with Crippen molar-refractivity contribution in [1.29, 1.82) is 0 Å². The summed E-state index contributed by atoms with van der Waals surface area (Å²) >= 11 is 5.19. The second-order valence-electron chi connectivity index (χ2n) is 5.11. The fourth-order valence-corrected chi connectivity index (χ4v) is 4.29. The quantitative estimate of drug-likeness (QED) is 0.788. The van der Waals surface area contributed by atoms with Crippen molar-refractivity contribution in [2.45, 2.75) is 26.3 Å². The Morgan fingerprint density at radius 1 is 1.18 bits per heavy atom. The van der Waals surface area contributed by atoms with Crippen molar-refractivity contribution in [3.8, 4) is 0 Å². The fourth-order valence-electron chi connectivity index (χ4n) is 1.62. The normalized spacial score (nSPS) is 22.6. The van der Waals surface area contributed by atoms with Crippen LogP contribution in [0.25, 0.3) is 0 Å². The van der Waals surface area contributed by atoms with Crippen LogP contribution in [0.5, 0.6) is 0 Å². The molecular weight excluding hydrogens is 278 g/mol. The van der Waals surface area contributed by atoms with Crippen LogP contribution >= 0.6 is 0 Å². The third-order valence-corrected chi connectivity index (χ3v) is 5.98. The van der Waals surface area contributed by atoms with Gasteiger partial charge in [-0.3, -0.25) is 0 Å². The van der Waals surface area contributed by atoms with Gasteiger partial charge in [0.25, 0.3) is 10.2 Å². The van der Waals surface area contributed by atoms with Crippen LogP contribution in [-0.4, -0.2) is 55.0 Å². The van der Waals surface area contributed by atoms with Gasteiger partial charge in [0.2, 0.25) is 0 Å². The predicted molar refractivity (Wildman–Crippen MR) is 75.6 cm³/mol. The number of hydrogen-bond acceptors (Lipinski definition) is 3. The summed E-state index contributed by atoms with van der Waals surface area (Å²) in [5.74, 6) is 0. The Kier molecular flexibility index (Phi) is 5.07. The van der Waals surface area contributed by atoms with Gasteiger partial charge in [-0.05, 0) is 32.0 Å². The maximum atomic E-state index is 12.1. The number of nitrogens with one attached hydrogen (secondary N) is 1. The molecule has 1 unspecified atom stereocenters. The molecule has 1 heterocycles. The molecule has 0 aromatic heterocycles. The van der Waals surface area contributed by atoms with Gasteiger partial charge in [-0.2, -0.15) is 17.4 Å². The molecule has 1 rings (SSSR count). The Bertz CT molecular complexity index is 381. The molecule has 5 nitrogen and oxygen atoms in total. The van der Waals surface area contributed by atoms with Gasteiger partial charge in [0.1, 0.15) is 0 Å². The molecule has 0 radical (unpaired) electrons. The van der Waals surface area contributed by atoms with E-state index in [9.17, 15) is 8.42 Å². The molecule has 0 bridgehead atoms. The molecular formula is C9H21N3O2S3.